The second kappa shape index (κ2) is 13.8. The predicted octanol–water partition coefficient (Wildman–Crippen LogP) is 15.7. The first kappa shape index (κ1) is 35.7. The lowest BCUT2D eigenvalue weighted by atomic mass is 10.0. The Balaban J connectivity index is 1.08. The molecule has 0 saturated carbocycles. The summed E-state index contributed by atoms with van der Waals surface area (Å²) in [5, 5.41) is 11.2. The normalized spacial score (nSPS) is 12.0. The number of rotatable bonds is 5. The summed E-state index contributed by atoms with van der Waals surface area (Å²) in [5.41, 5.74) is 11.0. The smallest absolute Gasteiger partial charge is 0.167 e. The van der Waals surface area contributed by atoms with E-state index in [9.17, 15) is 0 Å². The van der Waals surface area contributed by atoms with Crippen molar-refractivity contribution in [2.24, 2.45) is 0 Å². The Labute approximate surface area is 371 Å². The van der Waals surface area contributed by atoms with Crippen molar-refractivity contribution < 1.29 is 8.83 Å². The van der Waals surface area contributed by atoms with E-state index in [1.54, 1.807) is 0 Å². The molecule has 0 radical (unpaired) electrons. The third-order valence-corrected chi connectivity index (χ3v) is 13.0. The fourth-order valence-corrected chi connectivity index (χ4v) is 9.93. The summed E-state index contributed by atoms with van der Waals surface area (Å²) in [7, 11) is 0. The van der Waals surface area contributed by atoms with Crippen molar-refractivity contribution >= 4 is 87.2 Å². The van der Waals surface area contributed by atoms with Crippen LogP contribution in [0.15, 0.2) is 215 Å². The molecule has 0 aliphatic carbocycles. The van der Waals surface area contributed by atoms with E-state index in [1.807, 2.05) is 42.5 Å². The van der Waals surface area contributed by atoms with Gasteiger partial charge in [-0.2, -0.15) is 0 Å². The molecule has 0 spiro atoms. The van der Waals surface area contributed by atoms with Crippen LogP contribution >= 0.6 is 0 Å². The van der Waals surface area contributed by atoms with Crippen molar-refractivity contribution in [2.75, 3.05) is 0 Å². The van der Waals surface area contributed by atoms with Gasteiger partial charge in [-0.1, -0.05) is 152 Å². The minimum atomic E-state index is 0.502. The predicted molar refractivity (Wildman–Crippen MR) is 265 cm³/mol. The van der Waals surface area contributed by atoms with Crippen molar-refractivity contribution in [3.8, 4) is 51.0 Å². The van der Waals surface area contributed by atoms with Crippen LogP contribution in [0.4, 0.5) is 0 Å². The summed E-state index contributed by atoms with van der Waals surface area (Å²) in [5.74, 6) is 1.58. The molecule has 0 aliphatic rings. The van der Waals surface area contributed by atoms with E-state index in [4.69, 9.17) is 23.8 Å². The molecule has 65 heavy (non-hydrogen) atoms. The number of furan rings is 2. The highest BCUT2D eigenvalue weighted by atomic mass is 16.3. The van der Waals surface area contributed by atoms with Crippen molar-refractivity contribution in [3.05, 3.63) is 206 Å². The third-order valence-electron chi connectivity index (χ3n) is 13.0. The molecule has 0 aliphatic heterocycles. The van der Waals surface area contributed by atoms with Crippen molar-refractivity contribution in [1.82, 2.24) is 19.5 Å². The summed E-state index contributed by atoms with van der Waals surface area (Å²) in [6.45, 7) is 0. The maximum absolute atomic E-state index is 6.85. The Morgan fingerprint density at radius 3 is 1.74 bits per heavy atom. The van der Waals surface area contributed by atoms with E-state index in [-0.39, 0.29) is 0 Å². The van der Waals surface area contributed by atoms with E-state index in [0.29, 0.717) is 23.1 Å². The molecule has 0 saturated heterocycles. The van der Waals surface area contributed by atoms with Crippen LogP contribution in [-0.4, -0.2) is 19.5 Å². The first-order chi connectivity index (χ1) is 32.2. The monoisotopic (exact) mass is 830 g/mol. The Morgan fingerprint density at radius 1 is 0.323 bits per heavy atom. The zero-order valence-electron chi connectivity index (χ0n) is 34.7. The molecule has 0 unspecified atom stereocenters. The lowest BCUT2D eigenvalue weighted by molar-refractivity contribution is 0.668. The van der Waals surface area contributed by atoms with Gasteiger partial charge < -0.3 is 13.4 Å². The highest BCUT2D eigenvalue weighted by Gasteiger charge is 2.23. The van der Waals surface area contributed by atoms with Gasteiger partial charge in [-0.3, -0.25) is 0 Å². The van der Waals surface area contributed by atoms with Gasteiger partial charge in [0, 0.05) is 54.5 Å². The maximum Gasteiger partial charge on any atom is 0.167 e. The molecule has 10 aromatic carbocycles. The maximum atomic E-state index is 6.85. The van der Waals surface area contributed by atoms with Gasteiger partial charge in [0.05, 0.1) is 16.6 Å². The standard InChI is InChI=1S/C59H34N4O2/c1-2-13-35(14-3-1)37-18-12-19-40(29-37)57-60-58(41-26-27-46-44-21-8-10-23-52(44)64-54(46)32-41)62-59(61-57)50-34-42(33-49-45-22-9-11-24-53(45)65-56(49)50)63-51-31-39-17-5-4-16-38(39)30-48(51)47-28-25-36-15-6-7-20-43(36)55(47)63/h1-34H. The van der Waals surface area contributed by atoms with Gasteiger partial charge in [0.25, 0.3) is 0 Å². The second-order valence-corrected chi connectivity index (χ2v) is 16.8. The van der Waals surface area contributed by atoms with E-state index in [1.165, 1.54) is 32.3 Å². The molecule has 14 rings (SSSR count). The minimum Gasteiger partial charge on any atom is -0.456 e. The number of para-hydroxylation sites is 2. The quantitative estimate of drug-likeness (QED) is 0.173. The number of fused-ring (bicyclic) bond motifs is 12. The lowest BCUT2D eigenvalue weighted by Gasteiger charge is -2.14. The molecule has 4 heterocycles. The van der Waals surface area contributed by atoms with Gasteiger partial charge in [0.1, 0.15) is 22.3 Å². The lowest BCUT2D eigenvalue weighted by Crippen LogP contribution is -2.02. The van der Waals surface area contributed by atoms with E-state index < -0.39 is 0 Å². The molecule has 0 N–H and O–H groups in total. The highest BCUT2D eigenvalue weighted by Crippen LogP contribution is 2.43. The van der Waals surface area contributed by atoms with Crippen molar-refractivity contribution in [1.29, 1.82) is 0 Å². The van der Waals surface area contributed by atoms with Crippen LogP contribution in [-0.2, 0) is 0 Å². The average molecular weight is 831 g/mol. The van der Waals surface area contributed by atoms with Crippen LogP contribution in [0.2, 0.25) is 0 Å². The third kappa shape index (κ3) is 5.57. The molecule has 0 amide bonds. The molecule has 302 valence electrons. The molecule has 6 nitrogen and oxygen atoms in total. The largest absolute Gasteiger partial charge is 0.456 e. The fourth-order valence-electron chi connectivity index (χ4n) is 9.93. The summed E-state index contributed by atoms with van der Waals surface area (Å²) >= 11 is 0. The van der Waals surface area contributed by atoms with Crippen molar-refractivity contribution in [3.63, 3.8) is 0 Å². The molecule has 0 bridgehead atoms. The topological polar surface area (TPSA) is 69.9 Å². The van der Waals surface area contributed by atoms with Gasteiger partial charge in [-0.05, 0) is 81.9 Å². The molecular formula is C59H34N4O2. The van der Waals surface area contributed by atoms with Gasteiger partial charge in [-0.25, -0.2) is 15.0 Å². The highest BCUT2D eigenvalue weighted by molar-refractivity contribution is 6.21. The summed E-state index contributed by atoms with van der Waals surface area (Å²) in [4.78, 5) is 16.0. The molecule has 14 aromatic rings. The zero-order valence-corrected chi connectivity index (χ0v) is 34.7. The Bertz CT molecular complexity index is 4250. The summed E-state index contributed by atoms with van der Waals surface area (Å²) < 4.78 is 15.7. The number of hydrogen-bond acceptors (Lipinski definition) is 5. The molecule has 0 fully saturated rings. The van der Waals surface area contributed by atoms with Crippen LogP contribution in [0.25, 0.3) is 138 Å². The Hall–Kier alpha value is -8.87. The fraction of sp³-hybridized carbons (Fsp3) is 0. The SMILES string of the molecule is c1ccc(-c2cccc(-c3nc(-c4ccc5c(c4)oc4ccccc45)nc(-c4cc(-n5c6cc7ccccc7cc6c6ccc7ccccc7c65)cc5c4oc4ccccc45)n3)c2)cc1. The first-order valence-corrected chi connectivity index (χ1v) is 21.8. The Morgan fingerprint density at radius 2 is 0.923 bits per heavy atom. The second-order valence-electron chi connectivity index (χ2n) is 16.8. The van der Waals surface area contributed by atoms with Crippen LogP contribution < -0.4 is 0 Å². The molecule has 0 atom stereocenters. The zero-order chi connectivity index (χ0) is 42.6. The van der Waals surface area contributed by atoms with Gasteiger partial charge in [0.15, 0.2) is 17.5 Å². The van der Waals surface area contributed by atoms with Gasteiger partial charge in [0.2, 0.25) is 0 Å². The number of benzene rings is 10. The van der Waals surface area contributed by atoms with Crippen LogP contribution in [0.5, 0.6) is 0 Å². The average Bonchev–Trinajstić information content (AvgIpc) is 4.05. The van der Waals surface area contributed by atoms with E-state index >= 15 is 0 Å². The molecule has 6 heteroatoms. The molecule has 4 aromatic heterocycles. The minimum absolute atomic E-state index is 0.502. The summed E-state index contributed by atoms with van der Waals surface area (Å²) in [6.07, 6.45) is 0. The number of nitrogens with zero attached hydrogens (tertiary/aromatic N) is 4. The molecular weight excluding hydrogens is 797 g/mol. The first-order valence-electron chi connectivity index (χ1n) is 21.8. The number of aromatic nitrogens is 4. The van der Waals surface area contributed by atoms with Crippen LogP contribution in [0, 0.1) is 0 Å². The van der Waals surface area contributed by atoms with Gasteiger partial charge >= 0.3 is 0 Å². The summed E-state index contributed by atoms with van der Waals surface area (Å²) in [6, 6.07) is 72.3. The van der Waals surface area contributed by atoms with Crippen molar-refractivity contribution in [2.45, 2.75) is 0 Å². The van der Waals surface area contributed by atoms with Gasteiger partial charge in [-0.15, -0.1) is 0 Å². The van der Waals surface area contributed by atoms with Crippen LogP contribution in [0.1, 0.15) is 0 Å². The van der Waals surface area contributed by atoms with Crippen LogP contribution in [0.3, 0.4) is 0 Å². The van der Waals surface area contributed by atoms with E-state index in [2.05, 4.69) is 168 Å². The van der Waals surface area contributed by atoms with E-state index in [0.717, 1.165) is 82.8 Å². The Kier molecular flexibility index (Phi) is 7.59. The number of hydrogen-bond donors (Lipinski definition) is 0.